The van der Waals surface area contributed by atoms with Gasteiger partial charge >= 0.3 is 0 Å². The van der Waals surface area contributed by atoms with Crippen LogP contribution in [-0.2, 0) is 4.74 Å². The highest BCUT2D eigenvalue weighted by Crippen LogP contribution is 2.72. The molecule has 6 nitrogen and oxygen atoms in total. The van der Waals surface area contributed by atoms with E-state index in [-0.39, 0.29) is 30.5 Å². The molecule has 26 heavy (non-hydrogen) atoms. The zero-order valence-corrected chi connectivity index (χ0v) is 16.0. The first-order valence-corrected chi connectivity index (χ1v) is 10.0. The van der Waals surface area contributed by atoms with Crippen LogP contribution in [0.3, 0.4) is 0 Å². The van der Waals surface area contributed by atoms with Crippen molar-refractivity contribution in [2.75, 3.05) is 0 Å². The summed E-state index contributed by atoms with van der Waals surface area (Å²) in [6, 6.07) is 0. The molecule has 0 aromatic heterocycles. The van der Waals surface area contributed by atoms with Crippen LogP contribution in [0.1, 0.15) is 53.4 Å². The fraction of sp³-hybridized carbons (Fsp3) is 1.00. The minimum atomic E-state index is -1.49. The summed E-state index contributed by atoms with van der Waals surface area (Å²) >= 11 is 0. The second-order valence-corrected chi connectivity index (χ2v) is 10.9. The molecule has 0 radical (unpaired) electrons. The van der Waals surface area contributed by atoms with Crippen LogP contribution >= 0.6 is 0 Å². The minimum absolute atomic E-state index is 0.166. The Morgan fingerprint density at radius 3 is 2.27 bits per heavy atom. The lowest BCUT2D eigenvalue weighted by molar-refractivity contribution is -0.222. The summed E-state index contributed by atoms with van der Waals surface area (Å²) in [6.07, 6.45) is -0.485. The van der Waals surface area contributed by atoms with Crippen molar-refractivity contribution in [1.29, 1.82) is 0 Å². The van der Waals surface area contributed by atoms with Crippen molar-refractivity contribution in [3.05, 3.63) is 0 Å². The van der Waals surface area contributed by atoms with Crippen LogP contribution in [0.25, 0.3) is 0 Å². The quantitative estimate of drug-likeness (QED) is 0.390. The maximum atomic E-state index is 11.8. The highest BCUT2D eigenvalue weighted by molar-refractivity contribution is 5.31. The topological polar surface area (TPSA) is 114 Å². The lowest BCUT2D eigenvalue weighted by Crippen LogP contribution is -2.63. The second-order valence-electron chi connectivity index (χ2n) is 10.9. The van der Waals surface area contributed by atoms with E-state index in [1.54, 1.807) is 13.8 Å². The van der Waals surface area contributed by atoms with Gasteiger partial charge in [-0.3, -0.25) is 0 Å². The van der Waals surface area contributed by atoms with E-state index in [2.05, 4.69) is 0 Å². The van der Waals surface area contributed by atoms with E-state index in [0.717, 1.165) is 0 Å². The second kappa shape index (κ2) is 4.50. The number of aliphatic hydroxyl groups is 5. The predicted octanol–water partition coefficient (Wildman–Crippen LogP) is 0.185. The van der Waals surface area contributed by atoms with Crippen molar-refractivity contribution < 1.29 is 30.3 Å². The molecular weight excluding hydrogens is 336 g/mol. The molecule has 0 aromatic rings. The van der Waals surface area contributed by atoms with Gasteiger partial charge in [0.1, 0.15) is 5.60 Å². The highest BCUT2D eigenvalue weighted by atomic mass is 16.6. The Bertz CT molecular complexity index is 659. The van der Waals surface area contributed by atoms with Gasteiger partial charge in [0, 0.05) is 22.7 Å². The van der Waals surface area contributed by atoms with Crippen LogP contribution in [0.5, 0.6) is 0 Å². The van der Waals surface area contributed by atoms with E-state index < -0.39 is 45.8 Å². The standard InChI is InChI=1S/C20H32O6/c1-16(2)15-12(26-15)13-18(4,24)10-6-5-9-14(22)19(10,8-17(9,3)23)7-11(21)20(13,16)25/h9-15,21-25H,5-8H2,1-4H3/t9-,10-,11-,12+,13+,14-,15+,17-,18-,19+,20-/m1/s1. The zero-order chi connectivity index (χ0) is 19.1. The van der Waals surface area contributed by atoms with E-state index in [1.807, 2.05) is 13.8 Å². The molecule has 5 N–H and O–H groups in total. The Balaban J connectivity index is 1.70. The lowest BCUT2D eigenvalue weighted by atomic mass is 9.57. The van der Waals surface area contributed by atoms with Crippen molar-refractivity contribution in [2.24, 2.45) is 28.6 Å². The summed E-state index contributed by atoms with van der Waals surface area (Å²) < 4.78 is 5.82. The molecule has 11 atom stereocenters. The van der Waals surface area contributed by atoms with Gasteiger partial charge in [-0.2, -0.15) is 0 Å². The third-order valence-corrected chi connectivity index (χ3v) is 9.40. The molecule has 148 valence electrons. The van der Waals surface area contributed by atoms with Crippen LogP contribution in [0, 0.1) is 28.6 Å². The molecular formula is C20H32O6. The smallest absolute Gasteiger partial charge is 0.106 e. The van der Waals surface area contributed by atoms with Gasteiger partial charge in [-0.1, -0.05) is 13.8 Å². The molecule has 1 saturated heterocycles. The lowest BCUT2D eigenvalue weighted by Gasteiger charge is -2.51. The molecule has 2 bridgehead atoms. The molecule has 1 spiro atoms. The molecule has 4 saturated carbocycles. The number of hydrogen-bond acceptors (Lipinski definition) is 6. The fourth-order valence-electron chi connectivity index (χ4n) is 8.27. The summed E-state index contributed by atoms with van der Waals surface area (Å²) in [5, 5.41) is 56.9. The number of ether oxygens (including phenoxy) is 1. The average Bonchev–Trinajstić information content (AvgIpc) is 3.22. The fourth-order valence-corrected chi connectivity index (χ4v) is 8.27. The Kier molecular flexibility index (Phi) is 3.08. The van der Waals surface area contributed by atoms with Crippen molar-refractivity contribution in [3.8, 4) is 0 Å². The SMILES string of the molecule is CC1(C)[C@H]2O[C@H]2[C@H]2[C@](C)(O)[C@H]3CC[C@@H]4[C@@H](O)[C@@]3(C[C@@H](O)[C@@]21O)C[C@@]4(C)O. The number of aliphatic hydroxyl groups excluding tert-OH is 2. The van der Waals surface area contributed by atoms with Crippen molar-refractivity contribution in [3.63, 3.8) is 0 Å². The van der Waals surface area contributed by atoms with Crippen LogP contribution < -0.4 is 0 Å². The van der Waals surface area contributed by atoms with Gasteiger partial charge in [-0.25, -0.2) is 0 Å². The molecule has 6 heteroatoms. The first kappa shape index (κ1) is 17.8. The van der Waals surface area contributed by atoms with E-state index in [0.29, 0.717) is 19.3 Å². The zero-order valence-electron chi connectivity index (χ0n) is 16.0. The summed E-state index contributed by atoms with van der Waals surface area (Å²) in [4.78, 5) is 0. The van der Waals surface area contributed by atoms with Crippen molar-refractivity contribution in [1.82, 2.24) is 0 Å². The van der Waals surface area contributed by atoms with Crippen LogP contribution in [-0.4, -0.2) is 66.8 Å². The number of hydrogen-bond donors (Lipinski definition) is 5. The Morgan fingerprint density at radius 1 is 0.962 bits per heavy atom. The highest BCUT2D eigenvalue weighted by Gasteiger charge is 2.82. The van der Waals surface area contributed by atoms with Gasteiger partial charge in [0.25, 0.3) is 0 Å². The Morgan fingerprint density at radius 2 is 1.62 bits per heavy atom. The van der Waals surface area contributed by atoms with Crippen molar-refractivity contribution in [2.45, 2.75) is 94.6 Å². The third-order valence-electron chi connectivity index (χ3n) is 9.40. The molecule has 4 aliphatic carbocycles. The predicted molar refractivity (Wildman–Crippen MR) is 92.0 cm³/mol. The first-order valence-electron chi connectivity index (χ1n) is 10.0. The van der Waals surface area contributed by atoms with Gasteiger partial charge in [0.2, 0.25) is 0 Å². The maximum absolute atomic E-state index is 11.8. The first-order chi connectivity index (χ1) is 11.8. The van der Waals surface area contributed by atoms with Crippen LogP contribution in [0.4, 0.5) is 0 Å². The molecule has 0 unspecified atom stereocenters. The minimum Gasteiger partial charge on any atom is -0.392 e. The Labute approximate surface area is 154 Å². The molecule has 0 aromatic carbocycles. The summed E-state index contributed by atoms with van der Waals surface area (Å²) in [7, 11) is 0. The van der Waals surface area contributed by atoms with Gasteiger partial charge < -0.3 is 30.3 Å². The van der Waals surface area contributed by atoms with E-state index in [9.17, 15) is 25.5 Å². The molecule has 5 rings (SSSR count). The number of fused-ring (bicyclic) bond motifs is 4. The normalized spacial score (nSPS) is 68.0. The molecule has 5 fully saturated rings. The number of rotatable bonds is 0. The third kappa shape index (κ3) is 1.64. The molecule has 5 aliphatic rings. The summed E-state index contributed by atoms with van der Waals surface area (Å²) in [5.74, 6) is -1.17. The monoisotopic (exact) mass is 368 g/mol. The summed E-state index contributed by atoms with van der Waals surface area (Å²) in [5.41, 5.74) is -5.30. The van der Waals surface area contributed by atoms with E-state index >= 15 is 0 Å². The van der Waals surface area contributed by atoms with Crippen LogP contribution in [0.2, 0.25) is 0 Å². The van der Waals surface area contributed by atoms with Gasteiger partial charge in [0.05, 0.1) is 35.6 Å². The average molecular weight is 368 g/mol. The van der Waals surface area contributed by atoms with Gasteiger partial charge in [-0.15, -0.1) is 0 Å². The van der Waals surface area contributed by atoms with Gasteiger partial charge in [-0.05, 0) is 45.4 Å². The van der Waals surface area contributed by atoms with Gasteiger partial charge in [0.15, 0.2) is 0 Å². The van der Waals surface area contributed by atoms with E-state index in [1.165, 1.54) is 0 Å². The summed E-state index contributed by atoms with van der Waals surface area (Å²) in [6.45, 7) is 7.29. The molecule has 1 heterocycles. The largest absolute Gasteiger partial charge is 0.392 e. The van der Waals surface area contributed by atoms with Crippen LogP contribution in [0.15, 0.2) is 0 Å². The maximum Gasteiger partial charge on any atom is 0.106 e. The number of epoxide rings is 1. The molecule has 1 aliphatic heterocycles. The molecule has 0 amide bonds. The van der Waals surface area contributed by atoms with E-state index in [4.69, 9.17) is 4.74 Å². The Hall–Kier alpha value is -0.240. The van der Waals surface area contributed by atoms with Crippen molar-refractivity contribution >= 4 is 0 Å².